The fourth-order valence-electron chi connectivity index (χ4n) is 2.42. The van der Waals surface area contributed by atoms with Crippen molar-refractivity contribution in [1.29, 1.82) is 0 Å². The summed E-state index contributed by atoms with van der Waals surface area (Å²) in [7, 11) is 0. The monoisotopic (exact) mass is 299 g/mol. The second-order valence-corrected chi connectivity index (χ2v) is 6.11. The molecule has 0 saturated heterocycles. The Kier molecular flexibility index (Phi) is 5.36. The first kappa shape index (κ1) is 16.3. The summed E-state index contributed by atoms with van der Waals surface area (Å²) in [5, 5.41) is 7.43. The predicted molar refractivity (Wildman–Crippen MR) is 89.5 cm³/mol. The van der Waals surface area contributed by atoms with E-state index in [4.69, 9.17) is 0 Å². The van der Waals surface area contributed by atoms with Crippen LogP contribution in [0, 0.1) is 12.8 Å². The summed E-state index contributed by atoms with van der Waals surface area (Å²) in [6.45, 7) is 9.03. The number of hydrogen-bond donors (Lipinski definition) is 1. The summed E-state index contributed by atoms with van der Waals surface area (Å²) in [6, 6.07) is 8.18. The van der Waals surface area contributed by atoms with E-state index in [9.17, 15) is 4.79 Å². The molecule has 0 atom stereocenters. The summed E-state index contributed by atoms with van der Waals surface area (Å²) in [4.78, 5) is 12.4. The summed E-state index contributed by atoms with van der Waals surface area (Å²) < 4.78 is 1.89. The minimum absolute atomic E-state index is 0.0314. The normalized spacial score (nSPS) is 11.0. The quantitative estimate of drug-likeness (QED) is 0.887. The maximum atomic E-state index is 12.4. The van der Waals surface area contributed by atoms with Crippen LogP contribution in [-0.2, 0) is 6.42 Å². The van der Waals surface area contributed by atoms with Crippen molar-refractivity contribution in [3.8, 4) is 5.69 Å². The van der Waals surface area contributed by atoms with E-state index in [1.165, 1.54) is 5.56 Å². The lowest BCUT2D eigenvalue weighted by molar-refractivity contribution is 0.0948. The Bertz CT molecular complexity index is 644. The van der Waals surface area contributed by atoms with Crippen LogP contribution < -0.4 is 5.32 Å². The molecular formula is C18H25N3O. The van der Waals surface area contributed by atoms with Gasteiger partial charge in [-0.2, -0.15) is 5.10 Å². The SMILES string of the molecule is CCCc1c(C(=O)NCC(C)C)cnn1-c1cccc(C)c1. The predicted octanol–water partition coefficient (Wildman–Crippen LogP) is 3.52. The first-order chi connectivity index (χ1) is 10.5. The van der Waals surface area contributed by atoms with Gasteiger partial charge in [-0.3, -0.25) is 4.79 Å². The van der Waals surface area contributed by atoms with Gasteiger partial charge >= 0.3 is 0 Å². The molecule has 0 fully saturated rings. The number of nitrogens with one attached hydrogen (secondary N) is 1. The van der Waals surface area contributed by atoms with Crippen molar-refractivity contribution in [2.24, 2.45) is 5.92 Å². The Morgan fingerprint density at radius 3 is 2.77 bits per heavy atom. The van der Waals surface area contributed by atoms with Crippen molar-refractivity contribution in [3.63, 3.8) is 0 Å². The summed E-state index contributed by atoms with van der Waals surface area (Å²) in [6.07, 6.45) is 3.49. The fraction of sp³-hybridized carbons (Fsp3) is 0.444. The number of carbonyl (C=O) groups excluding carboxylic acids is 1. The van der Waals surface area contributed by atoms with E-state index in [1.54, 1.807) is 6.20 Å². The molecule has 1 amide bonds. The van der Waals surface area contributed by atoms with E-state index in [-0.39, 0.29) is 5.91 Å². The molecule has 0 aliphatic rings. The largest absolute Gasteiger partial charge is 0.352 e. The third-order valence-corrected chi connectivity index (χ3v) is 3.52. The summed E-state index contributed by atoms with van der Waals surface area (Å²) in [5.74, 6) is 0.404. The Labute approximate surface area is 132 Å². The fourth-order valence-corrected chi connectivity index (χ4v) is 2.42. The van der Waals surface area contributed by atoms with Crippen LogP contribution in [0.4, 0.5) is 0 Å². The molecule has 0 aliphatic heterocycles. The number of hydrogen-bond acceptors (Lipinski definition) is 2. The van der Waals surface area contributed by atoms with Crippen molar-refractivity contribution in [2.75, 3.05) is 6.54 Å². The van der Waals surface area contributed by atoms with Gasteiger partial charge in [-0.1, -0.05) is 39.3 Å². The molecule has 0 radical (unpaired) electrons. The lowest BCUT2D eigenvalue weighted by Gasteiger charge is -2.11. The van der Waals surface area contributed by atoms with Gasteiger partial charge in [0.2, 0.25) is 0 Å². The molecular weight excluding hydrogens is 274 g/mol. The van der Waals surface area contributed by atoms with Crippen LogP contribution in [0.5, 0.6) is 0 Å². The maximum Gasteiger partial charge on any atom is 0.254 e. The molecule has 1 aromatic heterocycles. The number of rotatable bonds is 6. The standard InChI is InChI=1S/C18H25N3O/c1-5-7-17-16(18(22)19-11-13(2)3)12-20-21(17)15-9-6-8-14(4)10-15/h6,8-10,12-13H,5,7,11H2,1-4H3,(H,19,22). The molecule has 1 heterocycles. The third kappa shape index (κ3) is 3.75. The van der Waals surface area contributed by atoms with Crippen molar-refractivity contribution in [2.45, 2.75) is 40.5 Å². The van der Waals surface area contributed by atoms with Crippen LogP contribution in [0.1, 0.15) is 48.8 Å². The van der Waals surface area contributed by atoms with Gasteiger partial charge in [-0.05, 0) is 37.0 Å². The summed E-state index contributed by atoms with van der Waals surface area (Å²) in [5.41, 5.74) is 3.85. The molecule has 0 spiro atoms. The van der Waals surface area contributed by atoms with E-state index < -0.39 is 0 Å². The van der Waals surface area contributed by atoms with E-state index >= 15 is 0 Å². The van der Waals surface area contributed by atoms with Gasteiger partial charge in [0.25, 0.3) is 5.91 Å². The van der Waals surface area contributed by atoms with Gasteiger partial charge < -0.3 is 5.32 Å². The Morgan fingerprint density at radius 1 is 1.36 bits per heavy atom. The number of nitrogens with zero attached hydrogens (tertiary/aromatic N) is 2. The van der Waals surface area contributed by atoms with Crippen LogP contribution in [-0.4, -0.2) is 22.2 Å². The zero-order chi connectivity index (χ0) is 16.1. The number of aryl methyl sites for hydroxylation is 1. The second-order valence-electron chi connectivity index (χ2n) is 6.11. The highest BCUT2D eigenvalue weighted by atomic mass is 16.1. The molecule has 1 N–H and O–H groups in total. The molecule has 0 aliphatic carbocycles. The summed E-state index contributed by atoms with van der Waals surface area (Å²) >= 11 is 0. The van der Waals surface area contributed by atoms with E-state index in [0.717, 1.165) is 24.2 Å². The van der Waals surface area contributed by atoms with Gasteiger partial charge in [-0.15, -0.1) is 0 Å². The lowest BCUT2D eigenvalue weighted by Crippen LogP contribution is -2.28. The zero-order valence-corrected chi connectivity index (χ0v) is 13.9. The molecule has 2 aromatic rings. The van der Waals surface area contributed by atoms with Crippen LogP contribution >= 0.6 is 0 Å². The molecule has 4 nitrogen and oxygen atoms in total. The van der Waals surface area contributed by atoms with Crippen molar-refractivity contribution in [3.05, 3.63) is 47.3 Å². The van der Waals surface area contributed by atoms with Crippen LogP contribution in [0.15, 0.2) is 30.5 Å². The number of benzene rings is 1. The highest BCUT2D eigenvalue weighted by Gasteiger charge is 2.17. The minimum atomic E-state index is -0.0314. The van der Waals surface area contributed by atoms with Gasteiger partial charge in [0.1, 0.15) is 0 Å². The van der Waals surface area contributed by atoms with Crippen molar-refractivity contribution < 1.29 is 4.79 Å². The zero-order valence-electron chi connectivity index (χ0n) is 13.9. The molecule has 118 valence electrons. The Morgan fingerprint density at radius 2 is 2.14 bits per heavy atom. The number of carbonyl (C=O) groups is 1. The average molecular weight is 299 g/mol. The van der Waals surface area contributed by atoms with Gasteiger partial charge in [0.05, 0.1) is 23.1 Å². The third-order valence-electron chi connectivity index (χ3n) is 3.52. The Hall–Kier alpha value is -2.10. The highest BCUT2D eigenvalue weighted by Crippen LogP contribution is 2.18. The molecule has 2 rings (SSSR count). The van der Waals surface area contributed by atoms with Crippen LogP contribution in [0.2, 0.25) is 0 Å². The van der Waals surface area contributed by atoms with E-state index in [2.05, 4.69) is 50.2 Å². The maximum absolute atomic E-state index is 12.4. The lowest BCUT2D eigenvalue weighted by atomic mass is 10.1. The van der Waals surface area contributed by atoms with Crippen molar-refractivity contribution in [1.82, 2.24) is 15.1 Å². The molecule has 22 heavy (non-hydrogen) atoms. The van der Waals surface area contributed by atoms with Crippen molar-refractivity contribution >= 4 is 5.91 Å². The molecule has 0 unspecified atom stereocenters. The van der Waals surface area contributed by atoms with E-state index in [1.807, 2.05) is 16.8 Å². The minimum Gasteiger partial charge on any atom is -0.352 e. The molecule has 4 heteroatoms. The number of aromatic nitrogens is 2. The van der Waals surface area contributed by atoms with Gasteiger partial charge in [0.15, 0.2) is 0 Å². The van der Waals surface area contributed by atoms with Crippen LogP contribution in [0.3, 0.4) is 0 Å². The second kappa shape index (κ2) is 7.25. The molecule has 0 bridgehead atoms. The Balaban J connectivity index is 2.34. The van der Waals surface area contributed by atoms with E-state index in [0.29, 0.717) is 18.0 Å². The highest BCUT2D eigenvalue weighted by molar-refractivity contribution is 5.95. The average Bonchev–Trinajstić information content (AvgIpc) is 2.89. The molecule has 1 aromatic carbocycles. The first-order valence-corrected chi connectivity index (χ1v) is 7.95. The van der Waals surface area contributed by atoms with Gasteiger partial charge in [0, 0.05) is 6.54 Å². The number of amides is 1. The van der Waals surface area contributed by atoms with Gasteiger partial charge in [-0.25, -0.2) is 4.68 Å². The topological polar surface area (TPSA) is 46.9 Å². The molecule has 0 saturated carbocycles. The first-order valence-electron chi connectivity index (χ1n) is 7.95. The van der Waals surface area contributed by atoms with Crippen LogP contribution in [0.25, 0.3) is 5.69 Å². The smallest absolute Gasteiger partial charge is 0.254 e.